The number of aromatic nitrogens is 1. The summed E-state index contributed by atoms with van der Waals surface area (Å²) in [6, 6.07) is 0.868. The Kier molecular flexibility index (Phi) is 3.88. The number of halogens is 3. The van der Waals surface area contributed by atoms with E-state index in [1.807, 2.05) is 0 Å². The molecule has 1 aromatic rings. The summed E-state index contributed by atoms with van der Waals surface area (Å²) in [6.07, 6.45) is -2.85. The van der Waals surface area contributed by atoms with E-state index in [0.29, 0.717) is 6.20 Å². The monoisotopic (exact) mass is 245 g/mol. The average Bonchev–Trinajstić information content (AvgIpc) is 2.15. The number of esters is 1. The molecule has 0 amide bonds. The molecule has 0 N–H and O–H groups in total. The fourth-order valence-corrected chi connectivity index (χ4v) is 1.14. The first kappa shape index (κ1) is 13.2. The number of ether oxygens (including phenoxy) is 1. The molecule has 0 fully saturated rings. The first-order chi connectivity index (χ1) is 7.79. The fourth-order valence-electron chi connectivity index (χ4n) is 1.14. The Morgan fingerprint density at radius 2 is 2.12 bits per heavy atom. The number of carbonyl (C=O) groups excluding carboxylic acids is 1. The van der Waals surface area contributed by atoms with E-state index in [2.05, 4.69) is 16.3 Å². The first-order valence-corrected chi connectivity index (χ1v) is 4.66. The summed E-state index contributed by atoms with van der Waals surface area (Å²) in [7, 11) is 0. The maximum atomic E-state index is 12.3. The third-order valence-electron chi connectivity index (χ3n) is 1.76. The number of alkyl halides is 3. The summed E-state index contributed by atoms with van der Waals surface area (Å²) in [5, 5.41) is 0. The van der Waals surface area contributed by atoms with Gasteiger partial charge < -0.3 is 4.74 Å². The maximum absolute atomic E-state index is 12.3. The molecule has 0 unspecified atom stereocenters. The van der Waals surface area contributed by atoms with Crippen LogP contribution >= 0.6 is 0 Å². The third-order valence-corrected chi connectivity index (χ3v) is 1.76. The predicted octanol–water partition coefficient (Wildman–Crippen LogP) is 2.72. The van der Waals surface area contributed by atoms with Gasteiger partial charge in [0.05, 0.1) is 17.7 Å². The summed E-state index contributed by atoms with van der Waals surface area (Å²) < 4.78 is 41.7. The molecule has 0 saturated carbocycles. The molecule has 0 atom stereocenters. The zero-order valence-corrected chi connectivity index (χ0v) is 9.04. The van der Waals surface area contributed by atoms with Crippen LogP contribution < -0.4 is 0 Å². The summed E-state index contributed by atoms with van der Waals surface area (Å²) in [6.45, 7) is 4.83. The van der Waals surface area contributed by atoms with E-state index < -0.39 is 17.7 Å². The van der Waals surface area contributed by atoms with Gasteiger partial charge >= 0.3 is 12.1 Å². The number of carbonyl (C=O) groups is 1. The number of hydrogen-bond acceptors (Lipinski definition) is 3. The number of allylic oxidation sites excluding steroid dienone is 1. The van der Waals surface area contributed by atoms with E-state index in [1.165, 1.54) is 13.1 Å². The van der Waals surface area contributed by atoms with Gasteiger partial charge in [-0.3, -0.25) is 9.78 Å². The highest BCUT2D eigenvalue weighted by Gasteiger charge is 2.31. The molecule has 0 aromatic carbocycles. The molecule has 1 heterocycles. The van der Waals surface area contributed by atoms with Gasteiger partial charge in [-0.2, -0.15) is 13.2 Å². The van der Waals surface area contributed by atoms with Crippen molar-refractivity contribution in [2.45, 2.75) is 19.5 Å². The van der Waals surface area contributed by atoms with Crippen molar-refractivity contribution in [3.8, 4) is 0 Å². The summed E-state index contributed by atoms with van der Waals surface area (Å²) in [5.41, 5.74) is -0.746. The summed E-state index contributed by atoms with van der Waals surface area (Å²) >= 11 is 0. The molecule has 0 aliphatic carbocycles. The third kappa shape index (κ3) is 4.26. The lowest BCUT2D eigenvalue weighted by atomic mass is 10.1. The van der Waals surface area contributed by atoms with Crippen molar-refractivity contribution in [2.75, 3.05) is 0 Å². The van der Waals surface area contributed by atoms with Crippen molar-refractivity contribution < 1.29 is 22.7 Å². The van der Waals surface area contributed by atoms with Crippen LogP contribution in [0, 0.1) is 0 Å². The van der Waals surface area contributed by atoms with Crippen molar-refractivity contribution in [1.82, 2.24) is 4.98 Å². The molecular formula is C11H10F3NO2. The van der Waals surface area contributed by atoms with E-state index in [0.717, 1.165) is 6.07 Å². The Morgan fingerprint density at radius 1 is 1.47 bits per heavy atom. The SMILES string of the molecule is C=C(C)OC(=O)Cc1cncc(C(F)(F)F)c1. The Hall–Kier alpha value is -1.85. The zero-order chi connectivity index (χ0) is 13.1. The van der Waals surface area contributed by atoms with E-state index >= 15 is 0 Å². The minimum absolute atomic E-state index is 0.145. The molecule has 17 heavy (non-hydrogen) atoms. The topological polar surface area (TPSA) is 39.2 Å². The highest BCUT2D eigenvalue weighted by atomic mass is 19.4. The molecule has 1 aromatic heterocycles. The molecule has 0 bridgehead atoms. The Balaban J connectivity index is 2.79. The van der Waals surface area contributed by atoms with E-state index in [1.54, 1.807) is 0 Å². The number of hydrogen-bond donors (Lipinski definition) is 0. The Morgan fingerprint density at radius 3 is 2.65 bits per heavy atom. The lowest BCUT2D eigenvalue weighted by Gasteiger charge is -2.07. The largest absolute Gasteiger partial charge is 0.432 e. The van der Waals surface area contributed by atoms with Crippen LogP contribution in [-0.4, -0.2) is 11.0 Å². The van der Waals surface area contributed by atoms with Crippen LogP contribution in [0.3, 0.4) is 0 Å². The van der Waals surface area contributed by atoms with Gasteiger partial charge in [-0.15, -0.1) is 0 Å². The second-order valence-corrected chi connectivity index (χ2v) is 3.43. The molecule has 92 valence electrons. The lowest BCUT2D eigenvalue weighted by Crippen LogP contribution is -2.10. The van der Waals surface area contributed by atoms with E-state index in [-0.39, 0.29) is 17.7 Å². The fraction of sp³-hybridized carbons (Fsp3) is 0.273. The molecule has 1 rings (SSSR count). The van der Waals surface area contributed by atoms with Gasteiger partial charge in [0.15, 0.2) is 0 Å². The maximum Gasteiger partial charge on any atom is 0.417 e. The number of nitrogens with zero attached hydrogens (tertiary/aromatic N) is 1. The normalized spacial score (nSPS) is 11.1. The van der Waals surface area contributed by atoms with Crippen molar-refractivity contribution in [3.63, 3.8) is 0 Å². The molecule has 3 nitrogen and oxygen atoms in total. The van der Waals surface area contributed by atoms with Gasteiger partial charge in [0, 0.05) is 12.4 Å². The smallest absolute Gasteiger partial charge is 0.417 e. The van der Waals surface area contributed by atoms with Crippen LogP contribution in [0.1, 0.15) is 18.1 Å². The van der Waals surface area contributed by atoms with Crippen molar-refractivity contribution in [2.24, 2.45) is 0 Å². The van der Waals surface area contributed by atoms with Crippen LogP contribution in [0.15, 0.2) is 30.8 Å². The van der Waals surface area contributed by atoms with Crippen LogP contribution in [-0.2, 0) is 22.1 Å². The quantitative estimate of drug-likeness (QED) is 0.607. The highest BCUT2D eigenvalue weighted by Crippen LogP contribution is 2.28. The number of rotatable bonds is 3. The first-order valence-electron chi connectivity index (χ1n) is 4.66. The second kappa shape index (κ2) is 4.99. The van der Waals surface area contributed by atoms with E-state index in [9.17, 15) is 18.0 Å². The number of pyridine rings is 1. The van der Waals surface area contributed by atoms with Crippen molar-refractivity contribution >= 4 is 5.97 Å². The molecule has 0 aliphatic heterocycles. The highest BCUT2D eigenvalue weighted by molar-refractivity contribution is 5.73. The molecule has 0 saturated heterocycles. The second-order valence-electron chi connectivity index (χ2n) is 3.43. The lowest BCUT2D eigenvalue weighted by molar-refractivity contribution is -0.140. The summed E-state index contributed by atoms with van der Waals surface area (Å²) in [4.78, 5) is 14.6. The standard InChI is InChI=1S/C11H10F3NO2/c1-7(2)17-10(16)4-8-3-9(6-15-5-8)11(12,13)14/h3,5-6H,1,4H2,2H3. The van der Waals surface area contributed by atoms with Crippen LogP contribution in [0.4, 0.5) is 13.2 Å². The van der Waals surface area contributed by atoms with Gasteiger partial charge in [-0.1, -0.05) is 6.58 Å². The molecule has 0 aliphatic rings. The van der Waals surface area contributed by atoms with E-state index in [4.69, 9.17) is 0 Å². The van der Waals surface area contributed by atoms with Gasteiger partial charge in [0.25, 0.3) is 0 Å². The predicted molar refractivity (Wildman–Crippen MR) is 53.8 cm³/mol. The zero-order valence-electron chi connectivity index (χ0n) is 9.04. The van der Waals surface area contributed by atoms with Gasteiger partial charge in [0.1, 0.15) is 0 Å². The van der Waals surface area contributed by atoms with Crippen LogP contribution in [0.2, 0.25) is 0 Å². The molecule has 0 spiro atoms. The van der Waals surface area contributed by atoms with Crippen LogP contribution in [0.25, 0.3) is 0 Å². The van der Waals surface area contributed by atoms with Gasteiger partial charge in [0.2, 0.25) is 0 Å². The minimum atomic E-state index is -4.47. The van der Waals surface area contributed by atoms with Crippen molar-refractivity contribution in [3.05, 3.63) is 41.9 Å². The average molecular weight is 245 g/mol. The molecule has 0 radical (unpaired) electrons. The molecular weight excluding hydrogens is 235 g/mol. The van der Waals surface area contributed by atoms with Crippen molar-refractivity contribution in [1.29, 1.82) is 0 Å². The Bertz CT molecular complexity index is 441. The Labute approximate surface area is 95.9 Å². The van der Waals surface area contributed by atoms with Crippen LogP contribution in [0.5, 0.6) is 0 Å². The van der Waals surface area contributed by atoms with Gasteiger partial charge in [-0.25, -0.2) is 0 Å². The molecule has 6 heteroatoms. The van der Waals surface area contributed by atoms with Gasteiger partial charge in [-0.05, 0) is 18.6 Å². The summed E-state index contributed by atoms with van der Waals surface area (Å²) in [5.74, 6) is -0.478. The minimum Gasteiger partial charge on any atom is -0.432 e.